The number of rotatable bonds is 1. The lowest BCUT2D eigenvalue weighted by molar-refractivity contribution is 0.459. The number of benzene rings is 1. The molecule has 1 saturated heterocycles. The highest BCUT2D eigenvalue weighted by molar-refractivity contribution is 7.18. The smallest absolute Gasteiger partial charge is 0.0970 e. The predicted octanol–water partition coefficient (Wildman–Crippen LogP) is 3.19. The third-order valence-electron chi connectivity index (χ3n) is 3.00. The zero-order valence-electron chi connectivity index (χ0n) is 8.98. The number of aromatic nitrogens is 1. The molecule has 1 aliphatic rings. The molecule has 2 aromatic rings. The highest BCUT2D eigenvalue weighted by Gasteiger charge is 2.18. The monoisotopic (exact) mass is 254 g/mol. The lowest BCUT2D eigenvalue weighted by Gasteiger charge is -2.20. The summed E-state index contributed by atoms with van der Waals surface area (Å²) in [5.41, 5.74) is 1.16. The van der Waals surface area contributed by atoms with Crippen LogP contribution >= 0.6 is 23.7 Å². The van der Waals surface area contributed by atoms with E-state index in [1.54, 1.807) is 0 Å². The van der Waals surface area contributed by atoms with Gasteiger partial charge in [0.15, 0.2) is 0 Å². The van der Waals surface area contributed by atoms with Crippen LogP contribution in [0.5, 0.6) is 0 Å². The molecule has 86 valence electrons. The van der Waals surface area contributed by atoms with Crippen molar-refractivity contribution < 1.29 is 0 Å². The summed E-state index contributed by atoms with van der Waals surface area (Å²) >= 11 is 1.86. The Morgan fingerprint density at radius 3 is 2.69 bits per heavy atom. The second-order valence-corrected chi connectivity index (χ2v) is 5.11. The van der Waals surface area contributed by atoms with E-state index in [0.717, 1.165) is 18.6 Å². The number of nitrogens with one attached hydrogen (secondary N) is 1. The Labute approximate surface area is 105 Å². The van der Waals surface area contributed by atoms with Gasteiger partial charge in [-0.1, -0.05) is 12.1 Å². The van der Waals surface area contributed by atoms with Gasteiger partial charge in [0.1, 0.15) is 0 Å². The molecular formula is C12H15ClN2S. The van der Waals surface area contributed by atoms with Crippen molar-refractivity contribution in [2.24, 2.45) is 0 Å². The molecule has 0 atom stereocenters. The fourth-order valence-corrected chi connectivity index (χ4v) is 3.27. The topological polar surface area (TPSA) is 24.9 Å². The number of piperidine rings is 1. The Morgan fingerprint density at radius 1 is 1.19 bits per heavy atom. The molecule has 2 heterocycles. The van der Waals surface area contributed by atoms with Crippen LogP contribution in [0.15, 0.2) is 24.3 Å². The van der Waals surface area contributed by atoms with Crippen molar-refractivity contribution in [3.8, 4) is 0 Å². The van der Waals surface area contributed by atoms with Crippen LogP contribution in [0.25, 0.3) is 10.2 Å². The molecule has 0 saturated carbocycles. The van der Waals surface area contributed by atoms with Gasteiger partial charge in [0, 0.05) is 5.92 Å². The van der Waals surface area contributed by atoms with E-state index in [0.29, 0.717) is 5.92 Å². The van der Waals surface area contributed by atoms with Gasteiger partial charge in [-0.15, -0.1) is 23.7 Å². The first-order chi connectivity index (χ1) is 7.43. The summed E-state index contributed by atoms with van der Waals surface area (Å²) in [7, 11) is 0. The number of fused-ring (bicyclic) bond motifs is 1. The van der Waals surface area contributed by atoms with E-state index in [2.05, 4.69) is 29.6 Å². The molecule has 2 nitrogen and oxygen atoms in total. The lowest BCUT2D eigenvalue weighted by Crippen LogP contribution is -2.26. The van der Waals surface area contributed by atoms with Crippen molar-refractivity contribution in [1.82, 2.24) is 10.3 Å². The molecule has 0 spiro atoms. The Bertz CT molecular complexity index is 430. The third kappa shape index (κ3) is 2.21. The minimum absolute atomic E-state index is 0. The Kier molecular flexibility index (Phi) is 3.79. The second kappa shape index (κ2) is 5.13. The van der Waals surface area contributed by atoms with Crippen LogP contribution in [0.3, 0.4) is 0 Å². The Balaban J connectivity index is 0.000000963. The van der Waals surface area contributed by atoms with E-state index < -0.39 is 0 Å². The van der Waals surface area contributed by atoms with Crippen LogP contribution in [0, 0.1) is 0 Å². The molecule has 1 aromatic heterocycles. The van der Waals surface area contributed by atoms with E-state index >= 15 is 0 Å². The van der Waals surface area contributed by atoms with E-state index in [9.17, 15) is 0 Å². The van der Waals surface area contributed by atoms with Gasteiger partial charge in [0.2, 0.25) is 0 Å². The minimum Gasteiger partial charge on any atom is -0.317 e. The van der Waals surface area contributed by atoms with Crippen molar-refractivity contribution in [2.75, 3.05) is 13.1 Å². The molecule has 0 bridgehead atoms. The highest BCUT2D eigenvalue weighted by atomic mass is 35.5. The van der Waals surface area contributed by atoms with Crippen LogP contribution in [-0.2, 0) is 0 Å². The number of halogens is 1. The van der Waals surface area contributed by atoms with Gasteiger partial charge in [0.25, 0.3) is 0 Å². The molecule has 1 N–H and O–H groups in total. The number of para-hydroxylation sites is 1. The van der Waals surface area contributed by atoms with Crippen LogP contribution < -0.4 is 5.32 Å². The maximum absolute atomic E-state index is 4.73. The summed E-state index contributed by atoms with van der Waals surface area (Å²) in [5.74, 6) is 0.684. The van der Waals surface area contributed by atoms with Gasteiger partial charge in [-0.3, -0.25) is 0 Å². The summed E-state index contributed by atoms with van der Waals surface area (Å²) in [6, 6.07) is 8.43. The van der Waals surface area contributed by atoms with Gasteiger partial charge < -0.3 is 5.32 Å². The fraction of sp³-hybridized carbons (Fsp3) is 0.417. The number of hydrogen-bond acceptors (Lipinski definition) is 3. The molecule has 1 fully saturated rings. The summed E-state index contributed by atoms with van der Waals surface area (Å²) < 4.78 is 1.33. The lowest BCUT2D eigenvalue weighted by atomic mass is 9.99. The second-order valence-electron chi connectivity index (χ2n) is 4.04. The van der Waals surface area contributed by atoms with Crippen molar-refractivity contribution in [2.45, 2.75) is 18.8 Å². The first-order valence-electron chi connectivity index (χ1n) is 5.50. The Morgan fingerprint density at radius 2 is 1.94 bits per heavy atom. The van der Waals surface area contributed by atoms with E-state index in [4.69, 9.17) is 4.98 Å². The summed E-state index contributed by atoms with van der Waals surface area (Å²) in [5, 5.41) is 4.73. The average Bonchev–Trinajstić information content (AvgIpc) is 2.74. The molecule has 0 unspecified atom stereocenters. The molecule has 0 radical (unpaired) electrons. The highest BCUT2D eigenvalue weighted by Crippen LogP contribution is 2.31. The molecule has 0 amide bonds. The maximum atomic E-state index is 4.73. The zero-order valence-corrected chi connectivity index (χ0v) is 10.6. The van der Waals surface area contributed by atoms with Gasteiger partial charge in [-0.2, -0.15) is 0 Å². The van der Waals surface area contributed by atoms with Gasteiger partial charge in [-0.05, 0) is 38.1 Å². The average molecular weight is 255 g/mol. The number of thiazole rings is 1. The van der Waals surface area contributed by atoms with E-state index in [-0.39, 0.29) is 12.4 Å². The first kappa shape index (κ1) is 11.8. The molecular weight excluding hydrogens is 240 g/mol. The van der Waals surface area contributed by atoms with Crippen molar-refractivity contribution in [1.29, 1.82) is 0 Å². The van der Waals surface area contributed by atoms with Crippen molar-refractivity contribution in [3.63, 3.8) is 0 Å². The fourth-order valence-electron chi connectivity index (χ4n) is 2.13. The standard InChI is InChI=1S/C12H14N2S.ClH/c1-2-4-11-10(3-1)14-12(15-11)9-5-7-13-8-6-9;/h1-4,9,13H,5-8H2;1H. The zero-order chi connectivity index (χ0) is 10.1. The molecule has 4 heteroatoms. The molecule has 1 aromatic carbocycles. The Hall–Kier alpha value is -0.640. The van der Waals surface area contributed by atoms with Gasteiger partial charge in [0.05, 0.1) is 15.2 Å². The predicted molar refractivity (Wildman–Crippen MR) is 71.7 cm³/mol. The molecule has 0 aliphatic carbocycles. The number of hydrogen-bond donors (Lipinski definition) is 1. The summed E-state index contributed by atoms with van der Waals surface area (Å²) in [6.07, 6.45) is 2.47. The van der Waals surface area contributed by atoms with Crippen LogP contribution in [0.4, 0.5) is 0 Å². The summed E-state index contributed by atoms with van der Waals surface area (Å²) in [6.45, 7) is 2.28. The third-order valence-corrected chi connectivity index (χ3v) is 4.20. The molecule has 16 heavy (non-hydrogen) atoms. The van der Waals surface area contributed by atoms with Gasteiger partial charge >= 0.3 is 0 Å². The van der Waals surface area contributed by atoms with E-state index in [1.807, 2.05) is 11.3 Å². The van der Waals surface area contributed by atoms with Gasteiger partial charge in [-0.25, -0.2) is 4.98 Å². The summed E-state index contributed by atoms with van der Waals surface area (Å²) in [4.78, 5) is 4.73. The maximum Gasteiger partial charge on any atom is 0.0970 e. The van der Waals surface area contributed by atoms with Crippen molar-refractivity contribution in [3.05, 3.63) is 29.3 Å². The first-order valence-corrected chi connectivity index (χ1v) is 6.31. The number of nitrogens with zero attached hydrogens (tertiary/aromatic N) is 1. The largest absolute Gasteiger partial charge is 0.317 e. The van der Waals surface area contributed by atoms with E-state index in [1.165, 1.54) is 22.5 Å². The van der Waals surface area contributed by atoms with Crippen molar-refractivity contribution >= 4 is 34.0 Å². The molecule has 3 rings (SSSR count). The van der Waals surface area contributed by atoms with Crippen LogP contribution in [-0.4, -0.2) is 18.1 Å². The van der Waals surface area contributed by atoms with Crippen LogP contribution in [0.2, 0.25) is 0 Å². The SMILES string of the molecule is Cl.c1ccc2sc(C3CCNCC3)nc2c1. The normalized spacial score (nSPS) is 17.2. The van der Waals surface area contributed by atoms with Crippen LogP contribution in [0.1, 0.15) is 23.8 Å². The quantitative estimate of drug-likeness (QED) is 0.846. The molecule has 1 aliphatic heterocycles. The minimum atomic E-state index is 0.